The van der Waals surface area contributed by atoms with Gasteiger partial charge in [0.2, 0.25) is 0 Å². The zero-order valence-corrected chi connectivity index (χ0v) is 12.2. The number of likely N-dealkylation sites (N-methyl/N-ethyl adjacent to an activating group) is 1. The Labute approximate surface area is 116 Å². The van der Waals surface area contributed by atoms with Gasteiger partial charge in [0.15, 0.2) is 0 Å². The van der Waals surface area contributed by atoms with Crippen molar-refractivity contribution in [2.45, 2.75) is 38.0 Å². The number of benzene rings is 1. The first-order valence-corrected chi connectivity index (χ1v) is 6.64. The largest absolute Gasteiger partial charge is 0.508 e. The summed E-state index contributed by atoms with van der Waals surface area (Å²) in [6, 6.07) is 7.84. The molecule has 0 aliphatic carbocycles. The molecule has 0 bridgehead atoms. The van der Waals surface area contributed by atoms with Gasteiger partial charge in [0.1, 0.15) is 5.75 Å². The molecule has 0 amide bonds. The summed E-state index contributed by atoms with van der Waals surface area (Å²) in [5.74, 6) is 0.391. The predicted molar refractivity (Wildman–Crippen MR) is 78.7 cm³/mol. The molecule has 1 atom stereocenters. The average molecular weight is 270 g/mol. The van der Waals surface area contributed by atoms with Crippen LogP contribution in [-0.2, 0) is 5.41 Å². The van der Waals surface area contributed by atoms with E-state index in [4.69, 9.17) is 0 Å². The van der Waals surface area contributed by atoms with Gasteiger partial charge in [-0.3, -0.25) is 0 Å². The Bertz CT molecular complexity index is 383. The van der Waals surface area contributed by atoms with Crippen LogP contribution in [0.5, 0.6) is 5.75 Å². The summed E-state index contributed by atoms with van der Waals surface area (Å²) in [4.78, 5) is 2.43. The smallest absolute Gasteiger partial charge is 0.115 e. The summed E-state index contributed by atoms with van der Waals surface area (Å²) in [7, 11) is 2.21. The van der Waals surface area contributed by atoms with E-state index in [0.29, 0.717) is 5.75 Å². The normalized spacial score (nSPS) is 25.2. The molecule has 0 unspecified atom stereocenters. The number of nitrogens with zero attached hydrogens (tertiary/aromatic N) is 1. The second kappa shape index (κ2) is 6.44. The van der Waals surface area contributed by atoms with Crippen LogP contribution < -0.4 is 0 Å². The van der Waals surface area contributed by atoms with Crippen molar-refractivity contribution in [1.82, 2.24) is 4.90 Å². The number of phenolic OH excluding ortho intramolecular Hbond substituents is 1. The number of hydrogen-bond donors (Lipinski definition) is 1. The van der Waals surface area contributed by atoms with Gasteiger partial charge in [-0.05, 0) is 50.6 Å². The van der Waals surface area contributed by atoms with E-state index in [9.17, 15) is 5.11 Å². The van der Waals surface area contributed by atoms with Gasteiger partial charge < -0.3 is 10.0 Å². The highest BCUT2D eigenvalue weighted by atomic mass is 35.5. The Morgan fingerprint density at radius 3 is 2.78 bits per heavy atom. The van der Waals surface area contributed by atoms with Crippen molar-refractivity contribution >= 4 is 12.4 Å². The molecule has 0 spiro atoms. The van der Waals surface area contributed by atoms with Crippen LogP contribution in [0, 0.1) is 0 Å². The molecule has 1 heterocycles. The second-order valence-electron chi connectivity index (χ2n) is 5.38. The van der Waals surface area contributed by atoms with E-state index in [1.807, 2.05) is 12.1 Å². The van der Waals surface area contributed by atoms with Crippen LogP contribution in [0.25, 0.3) is 0 Å². The molecular weight excluding hydrogens is 246 g/mol. The number of aromatic hydroxyl groups is 1. The fourth-order valence-electron chi connectivity index (χ4n) is 3.08. The van der Waals surface area contributed by atoms with Gasteiger partial charge in [-0.15, -0.1) is 12.4 Å². The molecule has 2 rings (SSSR count). The van der Waals surface area contributed by atoms with Crippen LogP contribution in [0.15, 0.2) is 24.3 Å². The van der Waals surface area contributed by atoms with Gasteiger partial charge >= 0.3 is 0 Å². The molecule has 1 saturated heterocycles. The molecule has 1 aromatic rings. The molecule has 0 radical (unpaired) electrons. The molecule has 0 saturated carbocycles. The maximum Gasteiger partial charge on any atom is 0.115 e. The van der Waals surface area contributed by atoms with Crippen LogP contribution >= 0.6 is 12.4 Å². The summed E-state index contributed by atoms with van der Waals surface area (Å²) < 4.78 is 0. The zero-order chi connectivity index (χ0) is 12.3. The fourth-order valence-corrected chi connectivity index (χ4v) is 3.08. The van der Waals surface area contributed by atoms with Gasteiger partial charge in [0.05, 0.1) is 0 Å². The third kappa shape index (κ3) is 3.18. The Hall–Kier alpha value is -0.730. The van der Waals surface area contributed by atoms with Crippen molar-refractivity contribution in [3.8, 4) is 5.75 Å². The van der Waals surface area contributed by atoms with Crippen LogP contribution in [-0.4, -0.2) is 30.1 Å². The third-order valence-electron chi connectivity index (χ3n) is 4.15. The Morgan fingerprint density at radius 1 is 1.33 bits per heavy atom. The average Bonchev–Trinajstić information content (AvgIpc) is 2.52. The summed E-state index contributed by atoms with van der Waals surface area (Å²) in [5.41, 5.74) is 1.53. The maximum atomic E-state index is 9.68. The van der Waals surface area contributed by atoms with Crippen LogP contribution in [0.2, 0.25) is 0 Å². The van der Waals surface area contributed by atoms with Crippen molar-refractivity contribution in [2.75, 3.05) is 20.1 Å². The first kappa shape index (κ1) is 15.3. The lowest BCUT2D eigenvalue weighted by Gasteiger charge is -2.35. The Morgan fingerprint density at radius 2 is 2.11 bits per heavy atom. The lowest BCUT2D eigenvalue weighted by atomic mass is 9.74. The van der Waals surface area contributed by atoms with E-state index >= 15 is 0 Å². The van der Waals surface area contributed by atoms with Crippen molar-refractivity contribution in [3.05, 3.63) is 29.8 Å². The minimum Gasteiger partial charge on any atom is -0.508 e. The molecule has 3 heteroatoms. The lowest BCUT2D eigenvalue weighted by Crippen LogP contribution is -2.37. The predicted octanol–water partition coefficient (Wildman–Crippen LogP) is 3.58. The van der Waals surface area contributed by atoms with Crippen LogP contribution in [0.4, 0.5) is 0 Å². The third-order valence-corrected chi connectivity index (χ3v) is 4.15. The Kier molecular flexibility index (Phi) is 5.48. The van der Waals surface area contributed by atoms with E-state index in [0.717, 1.165) is 13.0 Å². The van der Waals surface area contributed by atoms with Crippen LogP contribution in [0.1, 0.15) is 38.2 Å². The van der Waals surface area contributed by atoms with Gasteiger partial charge in [0.25, 0.3) is 0 Å². The molecule has 18 heavy (non-hydrogen) atoms. The number of phenols is 1. The van der Waals surface area contributed by atoms with Crippen molar-refractivity contribution < 1.29 is 5.11 Å². The quantitative estimate of drug-likeness (QED) is 0.887. The van der Waals surface area contributed by atoms with E-state index in [1.54, 1.807) is 6.07 Å². The summed E-state index contributed by atoms with van der Waals surface area (Å²) in [6.07, 6.45) is 4.95. The highest BCUT2D eigenvalue weighted by molar-refractivity contribution is 5.85. The number of likely N-dealkylation sites (tertiary alicyclic amines) is 1. The molecule has 102 valence electrons. The van der Waals surface area contributed by atoms with E-state index < -0.39 is 0 Å². The standard InChI is InChI=1S/C15H23NO.ClH/c1-3-15(9-4-5-10-16(2)12-15)13-7-6-8-14(17)11-13;/h6-8,11,17H,3-5,9-10,12H2,1-2H3;1H/t15-;/m1./s1. The number of halogens is 1. The van der Waals surface area contributed by atoms with Crippen molar-refractivity contribution in [3.63, 3.8) is 0 Å². The number of rotatable bonds is 2. The Balaban J connectivity index is 0.00000162. The monoisotopic (exact) mass is 269 g/mol. The summed E-state index contributed by atoms with van der Waals surface area (Å²) in [6.45, 7) is 4.57. The van der Waals surface area contributed by atoms with E-state index in [2.05, 4.69) is 24.9 Å². The lowest BCUT2D eigenvalue weighted by molar-refractivity contribution is 0.256. The summed E-state index contributed by atoms with van der Waals surface area (Å²) >= 11 is 0. The van der Waals surface area contributed by atoms with Gasteiger partial charge in [0, 0.05) is 12.0 Å². The van der Waals surface area contributed by atoms with Crippen molar-refractivity contribution in [2.24, 2.45) is 0 Å². The highest BCUT2D eigenvalue weighted by Crippen LogP contribution is 2.37. The molecule has 1 aromatic carbocycles. The first-order chi connectivity index (χ1) is 8.16. The highest BCUT2D eigenvalue weighted by Gasteiger charge is 2.33. The van der Waals surface area contributed by atoms with E-state index in [-0.39, 0.29) is 17.8 Å². The second-order valence-corrected chi connectivity index (χ2v) is 5.38. The molecule has 0 aromatic heterocycles. The van der Waals surface area contributed by atoms with Crippen LogP contribution in [0.3, 0.4) is 0 Å². The van der Waals surface area contributed by atoms with Gasteiger partial charge in [-0.1, -0.05) is 25.5 Å². The fraction of sp³-hybridized carbons (Fsp3) is 0.600. The molecule has 1 aliphatic heterocycles. The summed E-state index contributed by atoms with van der Waals surface area (Å²) in [5, 5.41) is 9.68. The molecule has 1 N–H and O–H groups in total. The molecule has 2 nitrogen and oxygen atoms in total. The first-order valence-electron chi connectivity index (χ1n) is 6.64. The van der Waals surface area contributed by atoms with E-state index in [1.165, 1.54) is 31.4 Å². The zero-order valence-electron chi connectivity index (χ0n) is 11.4. The SMILES string of the molecule is CC[C@@]1(c2cccc(O)c2)CCCCN(C)C1.Cl. The molecule has 1 fully saturated rings. The maximum absolute atomic E-state index is 9.68. The van der Waals surface area contributed by atoms with Crippen molar-refractivity contribution in [1.29, 1.82) is 0 Å². The number of hydrogen-bond acceptors (Lipinski definition) is 2. The van der Waals surface area contributed by atoms with Gasteiger partial charge in [-0.2, -0.15) is 0 Å². The van der Waals surface area contributed by atoms with Gasteiger partial charge in [-0.25, -0.2) is 0 Å². The topological polar surface area (TPSA) is 23.5 Å². The minimum absolute atomic E-state index is 0. The minimum atomic E-state index is 0. The molecule has 1 aliphatic rings. The molecular formula is C15H24ClNO.